The highest BCUT2D eigenvalue weighted by Gasteiger charge is 2.39. The predicted octanol–water partition coefficient (Wildman–Crippen LogP) is 2.79. The number of hydrogen-bond donors (Lipinski definition) is 1. The minimum Gasteiger partial charge on any atom is -0.480 e. The van der Waals surface area contributed by atoms with Gasteiger partial charge in [-0.25, -0.2) is 9.78 Å². The number of carbonyl (C=O) groups excluding carboxylic acids is 1. The molecule has 1 aliphatic heterocycles. The molecule has 2 rings (SSSR count). The van der Waals surface area contributed by atoms with Gasteiger partial charge in [-0.1, -0.05) is 32.4 Å². The molecule has 1 saturated heterocycles. The number of nitrogens with zero attached hydrogens (tertiary/aromatic N) is 2. The Bertz CT molecular complexity index is 574. The van der Waals surface area contributed by atoms with Crippen LogP contribution in [0, 0.1) is 5.92 Å². The van der Waals surface area contributed by atoms with Crippen LogP contribution >= 0.6 is 11.6 Å². The first-order chi connectivity index (χ1) is 9.81. The van der Waals surface area contributed by atoms with Crippen molar-refractivity contribution in [3.8, 4) is 0 Å². The number of halogens is 1. The molecule has 1 aromatic heterocycles. The molecule has 6 heteroatoms. The van der Waals surface area contributed by atoms with Crippen LogP contribution in [0.4, 0.5) is 0 Å². The summed E-state index contributed by atoms with van der Waals surface area (Å²) in [5.74, 6) is -1.16. The van der Waals surface area contributed by atoms with Crippen molar-refractivity contribution in [3.63, 3.8) is 0 Å². The van der Waals surface area contributed by atoms with E-state index in [0.29, 0.717) is 18.5 Å². The first-order valence-electron chi connectivity index (χ1n) is 7.02. The predicted molar refractivity (Wildman–Crippen MR) is 79.6 cm³/mol. The normalized spacial score (nSPS) is 21.9. The fourth-order valence-electron chi connectivity index (χ4n) is 2.65. The van der Waals surface area contributed by atoms with Gasteiger partial charge in [0, 0.05) is 17.8 Å². The summed E-state index contributed by atoms with van der Waals surface area (Å²) in [6, 6.07) is 2.42. The van der Waals surface area contributed by atoms with E-state index in [1.807, 2.05) is 20.8 Å². The van der Waals surface area contributed by atoms with Gasteiger partial charge >= 0.3 is 5.97 Å². The first kappa shape index (κ1) is 15.8. The van der Waals surface area contributed by atoms with Crippen LogP contribution in [0.2, 0.25) is 5.15 Å². The molecule has 5 nitrogen and oxygen atoms in total. The molecule has 1 aliphatic rings. The minimum atomic E-state index is -0.961. The number of hydrogen-bond acceptors (Lipinski definition) is 3. The summed E-state index contributed by atoms with van der Waals surface area (Å²) in [5, 5.41) is 9.57. The zero-order valence-corrected chi connectivity index (χ0v) is 13.1. The second-order valence-corrected chi connectivity index (χ2v) is 6.19. The van der Waals surface area contributed by atoms with Crippen LogP contribution in [0.5, 0.6) is 0 Å². The van der Waals surface area contributed by atoms with E-state index in [0.717, 1.165) is 5.69 Å². The highest BCUT2D eigenvalue weighted by Crippen LogP contribution is 2.27. The summed E-state index contributed by atoms with van der Waals surface area (Å²) in [5.41, 5.74) is 1.13. The average molecular weight is 311 g/mol. The van der Waals surface area contributed by atoms with Crippen LogP contribution in [0.1, 0.15) is 49.2 Å². The number of carbonyl (C=O) groups is 2. The summed E-state index contributed by atoms with van der Waals surface area (Å²) in [6.07, 6.45) is 0.693. The lowest BCUT2D eigenvalue weighted by Gasteiger charge is -2.23. The van der Waals surface area contributed by atoms with Crippen molar-refractivity contribution >= 4 is 23.5 Å². The molecule has 0 spiro atoms. The second kappa shape index (κ2) is 6.02. The summed E-state index contributed by atoms with van der Waals surface area (Å²) < 4.78 is 0. The minimum absolute atomic E-state index is 0.0478. The quantitative estimate of drug-likeness (QED) is 0.871. The lowest BCUT2D eigenvalue weighted by atomic mass is 10.0. The molecule has 2 unspecified atom stereocenters. The Morgan fingerprint density at radius 2 is 2.10 bits per heavy atom. The monoisotopic (exact) mass is 310 g/mol. The van der Waals surface area contributed by atoms with Gasteiger partial charge in [0.2, 0.25) is 0 Å². The zero-order chi connectivity index (χ0) is 15.7. The van der Waals surface area contributed by atoms with E-state index in [2.05, 4.69) is 4.98 Å². The van der Waals surface area contributed by atoms with Crippen LogP contribution in [0.15, 0.2) is 12.1 Å². The summed E-state index contributed by atoms with van der Waals surface area (Å²) in [4.78, 5) is 29.6. The number of carboxylic acid groups (broad SMARTS) is 1. The number of aromatic nitrogens is 1. The molecule has 21 heavy (non-hydrogen) atoms. The van der Waals surface area contributed by atoms with Crippen molar-refractivity contribution in [2.24, 2.45) is 5.92 Å². The van der Waals surface area contributed by atoms with Crippen LogP contribution in [0.3, 0.4) is 0 Å². The number of aliphatic carboxylic acids is 1. The van der Waals surface area contributed by atoms with Crippen molar-refractivity contribution in [1.82, 2.24) is 9.88 Å². The number of likely N-dealkylation sites (tertiary alicyclic amines) is 1. The van der Waals surface area contributed by atoms with Gasteiger partial charge in [-0.2, -0.15) is 0 Å². The van der Waals surface area contributed by atoms with Gasteiger partial charge in [0.15, 0.2) is 0 Å². The topological polar surface area (TPSA) is 70.5 Å². The number of rotatable bonds is 3. The van der Waals surface area contributed by atoms with Crippen molar-refractivity contribution in [2.45, 2.75) is 39.2 Å². The second-order valence-electron chi connectivity index (χ2n) is 5.81. The molecule has 2 atom stereocenters. The smallest absolute Gasteiger partial charge is 0.326 e. The van der Waals surface area contributed by atoms with E-state index in [1.165, 1.54) is 11.0 Å². The third-order valence-electron chi connectivity index (χ3n) is 3.87. The summed E-state index contributed by atoms with van der Waals surface area (Å²) >= 11 is 5.97. The van der Waals surface area contributed by atoms with Crippen LogP contribution < -0.4 is 0 Å². The molecule has 2 heterocycles. The molecular weight excluding hydrogens is 292 g/mol. The van der Waals surface area contributed by atoms with Crippen molar-refractivity contribution < 1.29 is 14.7 Å². The molecular formula is C15H19ClN2O3. The van der Waals surface area contributed by atoms with Gasteiger partial charge < -0.3 is 10.0 Å². The maximum absolute atomic E-state index is 12.6. The van der Waals surface area contributed by atoms with Gasteiger partial charge in [-0.15, -0.1) is 0 Å². The molecule has 0 saturated carbocycles. The molecule has 0 radical (unpaired) electrons. The standard InChI is InChI=1S/C15H19ClN2O3/c1-8(2)11-6-10(7-12(16)17-11)14(19)18-5-4-9(3)13(18)15(20)21/h6-9,13H,4-5H2,1-3H3,(H,20,21). The van der Waals surface area contributed by atoms with E-state index >= 15 is 0 Å². The molecule has 1 amide bonds. The summed E-state index contributed by atoms with van der Waals surface area (Å²) in [7, 11) is 0. The maximum Gasteiger partial charge on any atom is 0.326 e. The summed E-state index contributed by atoms with van der Waals surface area (Å²) in [6.45, 7) is 6.23. The average Bonchev–Trinajstić information content (AvgIpc) is 2.79. The lowest BCUT2D eigenvalue weighted by molar-refractivity contribution is -0.142. The Kier molecular flexibility index (Phi) is 4.52. The molecule has 114 valence electrons. The molecule has 1 aromatic rings. The van der Waals surface area contributed by atoms with E-state index in [1.54, 1.807) is 6.07 Å². The highest BCUT2D eigenvalue weighted by molar-refractivity contribution is 6.29. The largest absolute Gasteiger partial charge is 0.480 e. The Hall–Kier alpha value is -1.62. The van der Waals surface area contributed by atoms with E-state index in [9.17, 15) is 14.7 Å². The van der Waals surface area contributed by atoms with Crippen molar-refractivity contribution in [1.29, 1.82) is 0 Å². The van der Waals surface area contributed by atoms with Gasteiger partial charge in [-0.05, 0) is 30.4 Å². The highest BCUT2D eigenvalue weighted by atomic mass is 35.5. The molecule has 0 aromatic carbocycles. The Morgan fingerprint density at radius 1 is 1.43 bits per heavy atom. The molecule has 1 N–H and O–H groups in total. The number of carboxylic acids is 1. The van der Waals surface area contributed by atoms with Crippen LogP contribution in [0.25, 0.3) is 0 Å². The third-order valence-corrected chi connectivity index (χ3v) is 4.06. The van der Waals surface area contributed by atoms with E-state index in [-0.39, 0.29) is 22.9 Å². The fraction of sp³-hybridized carbons (Fsp3) is 0.533. The SMILES string of the molecule is CC(C)c1cc(C(=O)N2CCC(C)C2C(=O)O)cc(Cl)n1. The van der Waals surface area contributed by atoms with Crippen molar-refractivity contribution in [3.05, 3.63) is 28.5 Å². The van der Waals surface area contributed by atoms with E-state index < -0.39 is 12.0 Å². The van der Waals surface area contributed by atoms with E-state index in [4.69, 9.17) is 11.6 Å². The molecule has 0 aliphatic carbocycles. The number of pyridine rings is 1. The lowest BCUT2D eigenvalue weighted by Crippen LogP contribution is -2.42. The van der Waals surface area contributed by atoms with Crippen LogP contribution in [-0.4, -0.2) is 39.5 Å². The molecule has 0 bridgehead atoms. The fourth-order valence-corrected chi connectivity index (χ4v) is 2.87. The first-order valence-corrected chi connectivity index (χ1v) is 7.40. The Balaban J connectivity index is 2.34. The Morgan fingerprint density at radius 3 is 2.67 bits per heavy atom. The van der Waals surface area contributed by atoms with Gasteiger partial charge in [0.25, 0.3) is 5.91 Å². The van der Waals surface area contributed by atoms with Crippen molar-refractivity contribution in [2.75, 3.05) is 6.54 Å². The van der Waals surface area contributed by atoms with Crippen LogP contribution in [-0.2, 0) is 4.79 Å². The maximum atomic E-state index is 12.6. The van der Waals surface area contributed by atoms with Gasteiger partial charge in [-0.3, -0.25) is 4.79 Å². The van der Waals surface area contributed by atoms with Gasteiger partial charge in [0.1, 0.15) is 11.2 Å². The molecule has 1 fully saturated rings. The third kappa shape index (κ3) is 3.18. The van der Waals surface area contributed by atoms with Gasteiger partial charge in [0.05, 0.1) is 0 Å². The Labute approximate surface area is 128 Å². The number of amides is 1. The zero-order valence-electron chi connectivity index (χ0n) is 12.3.